The molecule has 140 valence electrons. The molecule has 0 atom stereocenters. The number of rotatable bonds is 3. The van der Waals surface area contributed by atoms with Crippen LogP contribution in [0.4, 0.5) is 11.4 Å². The normalized spacial score (nSPS) is 14.9. The molecule has 0 unspecified atom stereocenters. The molecule has 0 aromatic heterocycles. The number of benzene rings is 2. The SMILES string of the molecule is CC(=O)Oc1ccccc1C(=O)Nc1ccc2c(c1)NC(=O)C(C)(C)CO2. The Hall–Kier alpha value is -3.35. The fraction of sp³-hybridized carbons (Fsp3) is 0.250. The lowest BCUT2D eigenvalue weighted by Gasteiger charge is -2.18. The molecule has 0 aliphatic carbocycles. The van der Waals surface area contributed by atoms with E-state index in [9.17, 15) is 14.4 Å². The highest BCUT2D eigenvalue weighted by Crippen LogP contribution is 2.34. The Bertz CT molecular complexity index is 920. The number of para-hydroxylation sites is 1. The van der Waals surface area contributed by atoms with Crippen molar-refractivity contribution in [1.82, 2.24) is 0 Å². The third-order valence-electron chi connectivity index (χ3n) is 4.07. The zero-order valence-corrected chi connectivity index (χ0v) is 15.3. The predicted octanol–water partition coefficient (Wildman–Crippen LogP) is 3.22. The fourth-order valence-electron chi connectivity index (χ4n) is 2.54. The zero-order chi connectivity index (χ0) is 19.6. The monoisotopic (exact) mass is 368 g/mol. The van der Waals surface area contributed by atoms with E-state index in [1.807, 2.05) is 0 Å². The van der Waals surface area contributed by atoms with Crippen LogP contribution in [0.5, 0.6) is 11.5 Å². The molecule has 27 heavy (non-hydrogen) atoms. The second-order valence-electron chi connectivity index (χ2n) is 6.88. The van der Waals surface area contributed by atoms with Gasteiger partial charge in [0.25, 0.3) is 5.91 Å². The van der Waals surface area contributed by atoms with Crippen molar-refractivity contribution in [2.24, 2.45) is 5.41 Å². The summed E-state index contributed by atoms with van der Waals surface area (Å²) in [5.74, 6) is -0.399. The minimum atomic E-state index is -0.661. The molecular formula is C20H20N2O5. The average molecular weight is 368 g/mol. The van der Waals surface area contributed by atoms with Gasteiger partial charge in [-0.05, 0) is 44.2 Å². The molecule has 0 bridgehead atoms. The Kier molecular flexibility index (Phi) is 4.85. The van der Waals surface area contributed by atoms with Gasteiger partial charge in [-0.2, -0.15) is 0 Å². The van der Waals surface area contributed by atoms with Gasteiger partial charge in [-0.3, -0.25) is 14.4 Å². The summed E-state index contributed by atoms with van der Waals surface area (Å²) in [7, 11) is 0. The molecule has 7 nitrogen and oxygen atoms in total. The largest absolute Gasteiger partial charge is 0.490 e. The van der Waals surface area contributed by atoms with Crippen molar-refractivity contribution >= 4 is 29.2 Å². The number of nitrogens with one attached hydrogen (secondary N) is 2. The summed E-state index contributed by atoms with van der Waals surface area (Å²) in [5.41, 5.74) is 0.520. The van der Waals surface area contributed by atoms with Crippen molar-refractivity contribution in [3.63, 3.8) is 0 Å². The molecule has 2 N–H and O–H groups in total. The van der Waals surface area contributed by atoms with Crippen molar-refractivity contribution in [3.05, 3.63) is 48.0 Å². The summed E-state index contributed by atoms with van der Waals surface area (Å²) >= 11 is 0. The molecule has 0 fully saturated rings. The number of carbonyl (C=O) groups excluding carboxylic acids is 3. The van der Waals surface area contributed by atoms with Gasteiger partial charge < -0.3 is 20.1 Å². The van der Waals surface area contributed by atoms with Crippen LogP contribution in [0.1, 0.15) is 31.1 Å². The molecular weight excluding hydrogens is 348 g/mol. The van der Waals surface area contributed by atoms with Crippen molar-refractivity contribution in [1.29, 1.82) is 0 Å². The quantitative estimate of drug-likeness (QED) is 0.641. The predicted molar refractivity (Wildman–Crippen MR) is 100 cm³/mol. The number of hydrogen-bond acceptors (Lipinski definition) is 5. The maximum Gasteiger partial charge on any atom is 0.308 e. The number of carbonyl (C=O) groups is 3. The van der Waals surface area contributed by atoms with Crippen molar-refractivity contribution in [2.45, 2.75) is 20.8 Å². The number of fused-ring (bicyclic) bond motifs is 1. The van der Waals surface area contributed by atoms with Crippen LogP contribution in [-0.4, -0.2) is 24.4 Å². The minimum Gasteiger partial charge on any atom is -0.490 e. The summed E-state index contributed by atoms with van der Waals surface area (Å²) < 4.78 is 10.8. The highest BCUT2D eigenvalue weighted by atomic mass is 16.5. The van der Waals surface area contributed by atoms with E-state index in [0.29, 0.717) is 17.1 Å². The average Bonchev–Trinajstić information content (AvgIpc) is 2.71. The highest BCUT2D eigenvalue weighted by molar-refractivity contribution is 6.07. The van der Waals surface area contributed by atoms with Crippen molar-refractivity contribution in [2.75, 3.05) is 17.2 Å². The Labute approximate surface area is 156 Å². The summed E-state index contributed by atoms with van der Waals surface area (Å²) in [6.45, 7) is 5.12. The highest BCUT2D eigenvalue weighted by Gasteiger charge is 2.32. The van der Waals surface area contributed by atoms with E-state index in [0.717, 1.165) is 0 Å². The first-order valence-corrected chi connectivity index (χ1v) is 8.43. The molecule has 2 amide bonds. The van der Waals surface area contributed by atoms with Gasteiger partial charge in [0, 0.05) is 12.6 Å². The third-order valence-corrected chi connectivity index (χ3v) is 4.07. The van der Waals surface area contributed by atoms with Crippen LogP contribution in [0.25, 0.3) is 0 Å². The molecule has 1 heterocycles. The van der Waals surface area contributed by atoms with Crippen LogP contribution in [-0.2, 0) is 9.59 Å². The van der Waals surface area contributed by atoms with Crippen molar-refractivity contribution in [3.8, 4) is 11.5 Å². The van der Waals surface area contributed by atoms with Gasteiger partial charge in [-0.25, -0.2) is 0 Å². The van der Waals surface area contributed by atoms with Crippen LogP contribution < -0.4 is 20.1 Å². The number of esters is 1. The molecule has 0 saturated heterocycles. The second kappa shape index (κ2) is 7.11. The van der Waals surface area contributed by atoms with Gasteiger partial charge in [0.05, 0.1) is 16.7 Å². The lowest BCUT2D eigenvalue weighted by atomic mass is 9.94. The van der Waals surface area contributed by atoms with Crippen molar-refractivity contribution < 1.29 is 23.9 Å². The van der Waals surface area contributed by atoms with Gasteiger partial charge in [0.2, 0.25) is 5.91 Å². The van der Waals surface area contributed by atoms with Crippen LogP contribution in [0, 0.1) is 5.41 Å². The van der Waals surface area contributed by atoms with Gasteiger partial charge in [-0.1, -0.05) is 12.1 Å². The molecule has 7 heteroatoms. The van der Waals surface area contributed by atoms with Gasteiger partial charge in [-0.15, -0.1) is 0 Å². The molecule has 1 aliphatic rings. The minimum absolute atomic E-state index is 0.162. The molecule has 1 aliphatic heterocycles. The van der Waals surface area contributed by atoms with Crippen LogP contribution in [0.15, 0.2) is 42.5 Å². The Morgan fingerprint density at radius 2 is 1.93 bits per heavy atom. The second-order valence-corrected chi connectivity index (χ2v) is 6.88. The maximum atomic E-state index is 12.6. The van der Waals surface area contributed by atoms with E-state index in [1.165, 1.54) is 6.92 Å². The van der Waals surface area contributed by atoms with Crippen LogP contribution in [0.2, 0.25) is 0 Å². The number of anilines is 2. The first-order valence-electron chi connectivity index (χ1n) is 8.43. The van der Waals surface area contributed by atoms with Crippen LogP contribution >= 0.6 is 0 Å². The summed E-state index contributed by atoms with van der Waals surface area (Å²) in [4.78, 5) is 36.1. The van der Waals surface area contributed by atoms with E-state index >= 15 is 0 Å². The molecule has 0 radical (unpaired) electrons. The standard InChI is InChI=1S/C20H20N2O5/c1-12(23)27-16-7-5-4-6-14(16)18(24)21-13-8-9-17-15(10-13)22-19(25)20(2,3)11-26-17/h4-10H,11H2,1-3H3,(H,21,24)(H,22,25). The third kappa shape index (κ3) is 4.08. The summed E-state index contributed by atoms with van der Waals surface area (Å²) in [6, 6.07) is 11.4. The Morgan fingerprint density at radius 1 is 1.19 bits per heavy atom. The van der Waals surface area contributed by atoms with Gasteiger partial charge in [0.15, 0.2) is 0 Å². The van der Waals surface area contributed by atoms with Crippen LogP contribution in [0.3, 0.4) is 0 Å². The lowest BCUT2D eigenvalue weighted by Crippen LogP contribution is -2.33. The van der Waals surface area contributed by atoms with E-state index in [4.69, 9.17) is 9.47 Å². The Morgan fingerprint density at radius 3 is 2.67 bits per heavy atom. The van der Waals surface area contributed by atoms with Gasteiger partial charge in [0.1, 0.15) is 18.1 Å². The van der Waals surface area contributed by atoms with E-state index < -0.39 is 17.3 Å². The van der Waals surface area contributed by atoms with E-state index in [-0.39, 0.29) is 23.8 Å². The van der Waals surface area contributed by atoms with E-state index in [2.05, 4.69) is 10.6 Å². The molecule has 0 saturated carbocycles. The molecule has 2 aromatic rings. The number of amides is 2. The maximum absolute atomic E-state index is 12.6. The molecule has 0 spiro atoms. The topological polar surface area (TPSA) is 93.7 Å². The lowest BCUT2D eigenvalue weighted by molar-refractivity contribution is -0.132. The number of hydrogen-bond donors (Lipinski definition) is 2. The van der Waals surface area contributed by atoms with Gasteiger partial charge >= 0.3 is 5.97 Å². The molecule has 3 rings (SSSR count). The Balaban J connectivity index is 1.83. The first kappa shape index (κ1) is 18.4. The van der Waals surface area contributed by atoms with E-state index in [1.54, 1.807) is 56.3 Å². The zero-order valence-electron chi connectivity index (χ0n) is 15.3. The smallest absolute Gasteiger partial charge is 0.308 e. The first-order chi connectivity index (χ1) is 12.8. The summed E-state index contributed by atoms with van der Waals surface area (Å²) in [5, 5.41) is 5.56. The number of ether oxygens (including phenoxy) is 2. The molecule has 2 aromatic carbocycles. The fourth-order valence-corrected chi connectivity index (χ4v) is 2.54. The summed E-state index contributed by atoms with van der Waals surface area (Å²) in [6.07, 6.45) is 0.